The minimum absolute atomic E-state index is 1.06. The third-order valence-corrected chi connectivity index (χ3v) is 10.3. The van der Waals surface area contributed by atoms with Crippen LogP contribution in [0.1, 0.15) is 0 Å². The Balaban J connectivity index is 1.46. The van der Waals surface area contributed by atoms with Crippen LogP contribution in [0.15, 0.2) is 152 Å². The molecule has 45 heavy (non-hydrogen) atoms. The molecule has 0 aliphatic rings. The van der Waals surface area contributed by atoms with Gasteiger partial charge < -0.3 is 9.13 Å². The highest BCUT2D eigenvalue weighted by molar-refractivity contribution is 7.26. The maximum atomic E-state index is 4.88. The molecule has 0 unspecified atom stereocenters. The fourth-order valence-electron chi connectivity index (χ4n) is 7.32. The van der Waals surface area contributed by atoms with Crippen LogP contribution in [0, 0.1) is 0 Å². The Morgan fingerprint density at radius 2 is 0.978 bits per heavy atom. The van der Waals surface area contributed by atoms with Crippen LogP contribution in [-0.2, 0) is 0 Å². The van der Waals surface area contributed by atoms with Gasteiger partial charge in [-0.25, -0.2) is 4.98 Å². The van der Waals surface area contributed by atoms with Gasteiger partial charge in [0, 0.05) is 49.9 Å². The Morgan fingerprint density at radius 1 is 0.422 bits per heavy atom. The van der Waals surface area contributed by atoms with Crippen molar-refractivity contribution in [1.29, 1.82) is 0 Å². The standard InChI is InChI=1S/C41H25N3S/c1-3-12-26(13-4-1)27-21-23-29(24-22-27)44-34-20-10-8-17-31(34)37-38-35(36-32-18-11-25-42-41(32)45-40(36)39(37)44)30-16-7-9-19-33(30)43(38)28-14-5-2-6-15-28/h1-25H. The second-order valence-corrected chi connectivity index (χ2v) is 12.6. The van der Waals surface area contributed by atoms with Crippen molar-refractivity contribution in [2.45, 2.75) is 0 Å². The Bertz CT molecular complexity index is 2730. The van der Waals surface area contributed by atoms with Crippen molar-refractivity contribution in [2.24, 2.45) is 0 Å². The first-order valence-corrected chi connectivity index (χ1v) is 16.1. The number of thiophene rings is 1. The number of nitrogens with zero attached hydrogens (tertiary/aromatic N) is 3. The van der Waals surface area contributed by atoms with Crippen LogP contribution in [0.5, 0.6) is 0 Å². The molecular weight excluding hydrogens is 567 g/mol. The van der Waals surface area contributed by atoms with E-state index < -0.39 is 0 Å². The van der Waals surface area contributed by atoms with E-state index in [9.17, 15) is 0 Å². The molecule has 0 radical (unpaired) electrons. The molecule has 0 spiro atoms. The molecule has 10 aromatic rings. The summed E-state index contributed by atoms with van der Waals surface area (Å²) in [6, 6.07) is 52.5. The van der Waals surface area contributed by atoms with Crippen LogP contribution in [0.2, 0.25) is 0 Å². The van der Waals surface area contributed by atoms with Crippen LogP contribution in [0.25, 0.3) is 86.4 Å². The van der Waals surface area contributed by atoms with Gasteiger partial charge in [0.2, 0.25) is 0 Å². The van der Waals surface area contributed by atoms with Crippen molar-refractivity contribution in [3.05, 3.63) is 152 Å². The molecular formula is C41H25N3S. The SMILES string of the molecule is c1ccc(-c2ccc(-n3c4ccccc4c4c3c3sc5ncccc5c3c3c5ccccc5n(-c5ccccc5)c34)cc2)cc1. The number of aromatic nitrogens is 3. The zero-order valence-electron chi connectivity index (χ0n) is 24.2. The molecule has 0 atom stereocenters. The van der Waals surface area contributed by atoms with Crippen molar-refractivity contribution in [1.82, 2.24) is 14.1 Å². The molecule has 0 amide bonds. The molecule has 0 aliphatic carbocycles. The van der Waals surface area contributed by atoms with Crippen LogP contribution in [0.3, 0.4) is 0 Å². The van der Waals surface area contributed by atoms with E-state index in [1.807, 2.05) is 6.20 Å². The number of para-hydroxylation sites is 3. The summed E-state index contributed by atoms with van der Waals surface area (Å²) in [4.78, 5) is 5.95. The van der Waals surface area contributed by atoms with E-state index >= 15 is 0 Å². The van der Waals surface area contributed by atoms with E-state index in [0.717, 1.165) is 16.2 Å². The molecule has 0 fully saturated rings. The van der Waals surface area contributed by atoms with Crippen molar-refractivity contribution >= 4 is 75.3 Å². The summed E-state index contributed by atoms with van der Waals surface area (Å²) in [6.07, 6.45) is 1.91. The smallest absolute Gasteiger partial charge is 0.124 e. The number of pyridine rings is 1. The van der Waals surface area contributed by atoms with Gasteiger partial charge in [-0.1, -0.05) is 97.1 Å². The molecule has 0 bridgehead atoms. The highest BCUT2D eigenvalue weighted by Crippen LogP contribution is 2.50. The third kappa shape index (κ3) is 3.43. The summed E-state index contributed by atoms with van der Waals surface area (Å²) in [5, 5.41) is 7.55. The van der Waals surface area contributed by atoms with Gasteiger partial charge in [-0.3, -0.25) is 0 Å². The van der Waals surface area contributed by atoms with E-state index in [-0.39, 0.29) is 0 Å². The number of benzene rings is 6. The van der Waals surface area contributed by atoms with Gasteiger partial charge in [0.05, 0.1) is 26.8 Å². The number of fused-ring (bicyclic) bond motifs is 12. The van der Waals surface area contributed by atoms with Crippen LogP contribution >= 0.6 is 11.3 Å². The predicted molar refractivity (Wildman–Crippen MR) is 191 cm³/mol. The van der Waals surface area contributed by atoms with Crippen molar-refractivity contribution in [3.63, 3.8) is 0 Å². The number of hydrogen-bond donors (Lipinski definition) is 0. The molecule has 210 valence electrons. The summed E-state index contributed by atoms with van der Waals surface area (Å²) in [6.45, 7) is 0. The zero-order chi connectivity index (χ0) is 29.5. The molecule has 0 aliphatic heterocycles. The fraction of sp³-hybridized carbons (Fsp3) is 0. The minimum Gasteiger partial charge on any atom is -0.309 e. The lowest BCUT2D eigenvalue weighted by Crippen LogP contribution is -1.96. The summed E-state index contributed by atoms with van der Waals surface area (Å²) in [5.41, 5.74) is 9.61. The average Bonchev–Trinajstić information content (AvgIpc) is 3.77. The van der Waals surface area contributed by atoms with Gasteiger partial charge in [-0.15, -0.1) is 11.3 Å². The van der Waals surface area contributed by atoms with Gasteiger partial charge in [0.15, 0.2) is 0 Å². The number of rotatable bonds is 3. The first kappa shape index (κ1) is 24.7. The maximum absolute atomic E-state index is 4.88. The van der Waals surface area contributed by atoms with Gasteiger partial charge in [-0.2, -0.15) is 0 Å². The first-order valence-electron chi connectivity index (χ1n) is 15.2. The molecule has 10 rings (SSSR count). The van der Waals surface area contributed by atoms with Crippen molar-refractivity contribution < 1.29 is 0 Å². The monoisotopic (exact) mass is 591 g/mol. The van der Waals surface area contributed by atoms with Gasteiger partial charge in [-0.05, 0) is 59.7 Å². The lowest BCUT2D eigenvalue weighted by atomic mass is 10.0. The quantitative estimate of drug-likeness (QED) is 0.200. The Hall–Kier alpha value is -5.71. The molecule has 4 aromatic heterocycles. The molecule has 6 aromatic carbocycles. The van der Waals surface area contributed by atoms with Gasteiger partial charge in [0.1, 0.15) is 4.83 Å². The van der Waals surface area contributed by atoms with E-state index in [0.29, 0.717) is 0 Å². The Morgan fingerprint density at radius 3 is 1.71 bits per heavy atom. The summed E-state index contributed by atoms with van der Waals surface area (Å²) in [5.74, 6) is 0. The van der Waals surface area contributed by atoms with Gasteiger partial charge >= 0.3 is 0 Å². The Labute approximate surface area is 262 Å². The second-order valence-electron chi connectivity index (χ2n) is 11.6. The normalized spacial score (nSPS) is 12.0. The fourth-order valence-corrected chi connectivity index (χ4v) is 8.51. The molecule has 0 saturated carbocycles. The zero-order valence-corrected chi connectivity index (χ0v) is 25.0. The van der Waals surface area contributed by atoms with Crippen LogP contribution in [-0.4, -0.2) is 14.1 Å². The van der Waals surface area contributed by atoms with Crippen molar-refractivity contribution in [2.75, 3.05) is 0 Å². The van der Waals surface area contributed by atoms with Crippen molar-refractivity contribution in [3.8, 4) is 22.5 Å². The molecule has 3 nitrogen and oxygen atoms in total. The van der Waals surface area contributed by atoms with E-state index in [4.69, 9.17) is 4.98 Å². The second kappa shape index (κ2) is 9.39. The van der Waals surface area contributed by atoms with E-state index in [2.05, 4.69) is 155 Å². The lowest BCUT2D eigenvalue weighted by molar-refractivity contribution is 1.18. The predicted octanol–water partition coefficient (Wildman–Crippen LogP) is 11.3. The molecule has 0 saturated heterocycles. The summed E-state index contributed by atoms with van der Waals surface area (Å²) in [7, 11) is 0. The molecule has 0 N–H and O–H groups in total. The summed E-state index contributed by atoms with van der Waals surface area (Å²) < 4.78 is 6.22. The minimum atomic E-state index is 1.06. The van der Waals surface area contributed by atoms with E-state index in [1.165, 1.54) is 70.2 Å². The summed E-state index contributed by atoms with van der Waals surface area (Å²) >= 11 is 1.80. The number of hydrogen-bond acceptors (Lipinski definition) is 2. The average molecular weight is 592 g/mol. The Kier molecular flexibility index (Phi) is 5.16. The third-order valence-electron chi connectivity index (χ3n) is 9.16. The van der Waals surface area contributed by atoms with Gasteiger partial charge in [0.25, 0.3) is 0 Å². The van der Waals surface area contributed by atoms with Crippen LogP contribution in [0.4, 0.5) is 0 Å². The molecule has 4 heteroatoms. The van der Waals surface area contributed by atoms with E-state index in [1.54, 1.807) is 11.3 Å². The largest absolute Gasteiger partial charge is 0.309 e. The highest BCUT2D eigenvalue weighted by Gasteiger charge is 2.26. The van der Waals surface area contributed by atoms with Crippen LogP contribution < -0.4 is 0 Å². The molecule has 4 heterocycles. The highest BCUT2D eigenvalue weighted by atomic mass is 32.1. The topological polar surface area (TPSA) is 22.8 Å². The maximum Gasteiger partial charge on any atom is 0.124 e. The lowest BCUT2D eigenvalue weighted by Gasteiger charge is -2.12. The first-order chi connectivity index (χ1) is 22.4.